The fraction of sp³-hybridized carbons (Fsp3) is 0.350. The van der Waals surface area contributed by atoms with Crippen LogP contribution in [0.4, 0.5) is 16.2 Å². The molecule has 2 aromatic carbocycles. The second-order valence-corrected chi connectivity index (χ2v) is 6.88. The molecule has 3 rings (SSSR count). The number of amides is 2. The van der Waals surface area contributed by atoms with Gasteiger partial charge in [-0.15, -0.1) is 0 Å². The number of urea groups is 1. The van der Waals surface area contributed by atoms with Crippen LogP contribution in [-0.4, -0.2) is 57.2 Å². The predicted octanol–water partition coefficient (Wildman–Crippen LogP) is 3.31. The molecule has 1 saturated heterocycles. The van der Waals surface area contributed by atoms with Gasteiger partial charge in [0, 0.05) is 62.7 Å². The summed E-state index contributed by atoms with van der Waals surface area (Å²) in [5.41, 5.74) is 2.26. The Kier molecular flexibility index (Phi) is 6.23. The van der Waals surface area contributed by atoms with Gasteiger partial charge in [-0.05, 0) is 30.3 Å². The first-order valence-electron chi connectivity index (χ1n) is 8.93. The van der Waals surface area contributed by atoms with Gasteiger partial charge in [-0.25, -0.2) is 4.79 Å². The first kappa shape index (κ1) is 18.4. The number of benzene rings is 2. The Bertz CT molecular complexity index is 717. The van der Waals surface area contributed by atoms with E-state index < -0.39 is 0 Å². The lowest BCUT2D eigenvalue weighted by Gasteiger charge is -2.36. The molecule has 0 atom stereocenters. The summed E-state index contributed by atoms with van der Waals surface area (Å²) in [5, 5.41) is 3.76. The topological polar surface area (TPSA) is 38.8 Å². The van der Waals surface area contributed by atoms with Crippen molar-refractivity contribution in [1.29, 1.82) is 0 Å². The fourth-order valence-electron chi connectivity index (χ4n) is 3.09. The van der Waals surface area contributed by atoms with Gasteiger partial charge in [0.1, 0.15) is 0 Å². The zero-order valence-corrected chi connectivity index (χ0v) is 15.8. The average molecular weight is 373 g/mol. The van der Waals surface area contributed by atoms with Crippen LogP contribution in [0, 0.1) is 0 Å². The Morgan fingerprint density at radius 3 is 2.50 bits per heavy atom. The van der Waals surface area contributed by atoms with Crippen LogP contribution >= 0.6 is 11.6 Å². The maximum atomic E-state index is 12.4. The molecule has 1 heterocycles. The number of para-hydroxylation sites is 1. The molecule has 1 fully saturated rings. The molecule has 0 aromatic heterocycles. The first-order chi connectivity index (χ1) is 12.6. The van der Waals surface area contributed by atoms with Crippen LogP contribution in [0.15, 0.2) is 54.6 Å². The van der Waals surface area contributed by atoms with Gasteiger partial charge in [0.25, 0.3) is 0 Å². The number of likely N-dealkylation sites (N-methyl/N-ethyl adjacent to an activating group) is 1. The van der Waals surface area contributed by atoms with Gasteiger partial charge in [-0.2, -0.15) is 0 Å². The smallest absolute Gasteiger partial charge is 0.317 e. The van der Waals surface area contributed by atoms with Crippen LogP contribution in [0.1, 0.15) is 0 Å². The Morgan fingerprint density at radius 2 is 1.81 bits per heavy atom. The fourth-order valence-corrected chi connectivity index (χ4v) is 3.28. The van der Waals surface area contributed by atoms with E-state index in [0.29, 0.717) is 19.6 Å². The molecule has 26 heavy (non-hydrogen) atoms. The highest BCUT2D eigenvalue weighted by Crippen LogP contribution is 2.20. The van der Waals surface area contributed by atoms with Gasteiger partial charge in [-0.3, -0.25) is 0 Å². The van der Waals surface area contributed by atoms with Gasteiger partial charge < -0.3 is 20.0 Å². The summed E-state index contributed by atoms with van der Waals surface area (Å²) in [5.74, 6) is 0. The molecule has 138 valence electrons. The van der Waals surface area contributed by atoms with Crippen LogP contribution in [0.3, 0.4) is 0 Å². The lowest BCUT2D eigenvalue weighted by Crippen LogP contribution is -2.52. The number of hydrogen-bond donors (Lipinski definition) is 1. The van der Waals surface area contributed by atoms with Gasteiger partial charge in [-0.1, -0.05) is 35.9 Å². The number of rotatable bonds is 5. The molecule has 2 aromatic rings. The maximum Gasteiger partial charge on any atom is 0.317 e. The van der Waals surface area contributed by atoms with Crippen molar-refractivity contribution in [3.05, 3.63) is 59.6 Å². The molecular formula is C20H25ClN4O. The normalized spacial score (nSPS) is 14.2. The van der Waals surface area contributed by atoms with E-state index in [1.807, 2.05) is 48.3 Å². The molecule has 0 aliphatic carbocycles. The lowest BCUT2D eigenvalue weighted by atomic mass is 10.2. The van der Waals surface area contributed by atoms with E-state index in [-0.39, 0.29) is 6.03 Å². The minimum atomic E-state index is 0.0113. The van der Waals surface area contributed by atoms with Gasteiger partial charge in [0.2, 0.25) is 0 Å². The Labute approximate surface area is 160 Å². The average Bonchev–Trinajstić information content (AvgIpc) is 2.68. The zero-order valence-electron chi connectivity index (χ0n) is 15.1. The van der Waals surface area contributed by atoms with Crippen LogP contribution in [0.5, 0.6) is 0 Å². The molecule has 6 heteroatoms. The lowest BCUT2D eigenvalue weighted by molar-refractivity contribution is 0.194. The third-order valence-electron chi connectivity index (χ3n) is 4.66. The van der Waals surface area contributed by atoms with Crippen molar-refractivity contribution in [2.24, 2.45) is 0 Å². The Hall–Kier alpha value is -2.40. The van der Waals surface area contributed by atoms with E-state index in [0.717, 1.165) is 36.0 Å². The third-order valence-corrected chi connectivity index (χ3v) is 4.90. The van der Waals surface area contributed by atoms with E-state index >= 15 is 0 Å². The molecular weight excluding hydrogens is 348 g/mol. The van der Waals surface area contributed by atoms with E-state index in [1.165, 1.54) is 0 Å². The minimum Gasteiger partial charge on any atom is -0.373 e. The van der Waals surface area contributed by atoms with Crippen LogP contribution < -0.4 is 15.1 Å². The molecule has 1 aliphatic heterocycles. The van der Waals surface area contributed by atoms with Crippen molar-refractivity contribution in [3.63, 3.8) is 0 Å². The summed E-state index contributed by atoms with van der Waals surface area (Å²) in [6.45, 7) is 4.46. The highest BCUT2D eigenvalue weighted by atomic mass is 35.5. The number of carbonyl (C=O) groups excluding carboxylic acids is 1. The van der Waals surface area contributed by atoms with Crippen molar-refractivity contribution in [2.45, 2.75) is 0 Å². The number of anilines is 2. The number of halogens is 1. The number of nitrogens with one attached hydrogen (secondary N) is 1. The van der Waals surface area contributed by atoms with Crippen LogP contribution in [0.25, 0.3) is 0 Å². The Morgan fingerprint density at radius 1 is 1.08 bits per heavy atom. The second-order valence-electron chi connectivity index (χ2n) is 6.44. The number of hydrogen-bond acceptors (Lipinski definition) is 3. The predicted molar refractivity (Wildman–Crippen MR) is 108 cm³/mol. The third kappa shape index (κ3) is 4.82. The molecule has 1 N–H and O–H groups in total. The quantitative estimate of drug-likeness (QED) is 0.875. The van der Waals surface area contributed by atoms with Crippen molar-refractivity contribution in [3.8, 4) is 0 Å². The summed E-state index contributed by atoms with van der Waals surface area (Å²) < 4.78 is 0. The zero-order chi connectivity index (χ0) is 18.4. The molecule has 0 radical (unpaired) electrons. The highest BCUT2D eigenvalue weighted by Gasteiger charge is 2.21. The summed E-state index contributed by atoms with van der Waals surface area (Å²) in [6, 6.07) is 18.0. The van der Waals surface area contributed by atoms with Gasteiger partial charge in [0.05, 0.1) is 0 Å². The second kappa shape index (κ2) is 8.81. The van der Waals surface area contributed by atoms with E-state index in [1.54, 1.807) is 0 Å². The van der Waals surface area contributed by atoms with Crippen molar-refractivity contribution in [1.82, 2.24) is 10.2 Å². The summed E-state index contributed by atoms with van der Waals surface area (Å²) in [7, 11) is 2.03. The van der Waals surface area contributed by atoms with Crippen molar-refractivity contribution in [2.75, 3.05) is 56.1 Å². The van der Waals surface area contributed by atoms with E-state index in [9.17, 15) is 4.79 Å². The monoisotopic (exact) mass is 372 g/mol. The summed E-state index contributed by atoms with van der Waals surface area (Å²) in [6.07, 6.45) is 0. The first-order valence-corrected chi connectivity index (χ1v) is 9.31. The van der Waals surface area contributed by atoms with Crippen LogP contribution in [0.2, 0.25) is 5.02 Å². The molecule has 0 saturated carbocycles. The van der Waals surface area contributed by atoms with E-state index in [2.05, 4.69) is 33.3 Å². The highest BCUT2D eigenvalue weighted by molar-refractivity contribution is 6.30. The van der Waals surface area contributed by atoms with Crippen LogP contribution in [-0.2, 0) is 0 Å². The summed E-state index contributed by atoms with van der Waals surface area (Å²) >= 11 is 6.07. The van der Waals surface area contributed by atoms with Crippen molar-refractivity contribution >= 4 is 29.0 Å². The summed E-state index contributed by atoms with van der Waals surface area (Å²) in [4.78, 5) is 18.6. The number of carbonyl (C=O) groups is 1. The molecule has 0 spiro atoms. The Balaban J connectivity index is 1.41. The number of piperazine rings is 1. The van der Waals surface area contributed by atoms with Crippen molar-refractivity contribution < 1.29 is 4.79 Å². The van der Waals surface area contributed by atoms with Gasteiger partial charge in [0.15, 0.2) is 0 Å². The molecule has 0 bridgehead atoms. The standard InChI is InChI=1S/C20H25ClN4O/c1-23(18-7-3-2-4-8-18)11-10-22-20(26)25-14-12-24(13-15-25)19-9-5-6-17(21)16-19/h2-9,16H,10-15H2,1H3,(H,22,26). The SMILES string of the molecule is CN(CCNC(=O)N1CCN(c2cccc(Cl)c2)CC1)c1ccccc1. The maximum absolute atomic E-state index is 12.4. The van der Waals surface area contributed by atoms with Gasteiger partial charge >= 0.3 is 6.03 Å². The molecule has 1 aliphatic rings. The molecule has 2 amide bonds. The molecule has 5 nitrogen and oxygen atoms in total. The van der Waals surface area contributed by atoms with E-state index in [4.69, 9.17) is 11.6 Å². The number of nitrogens with zero attached hydrogens (tertiary/aromatic N) is 3. The largest absolute Gasteiger partial charge is 0.373 e. The molecule has 0 unspecified atom stereocenters. The minimum absolute atomic E-state index is 0.0113.